The van der Waals surface area contributed by atoms with Crippen molar-refractivity contribution in [2.75, 3.05) is 37.9 Å². The Hall–Kier alpha value is -4.42. The summed E-state index contributed by atoms with van der Waals surface area (Å²) in [6.07, 6.45) is 1.61. The van der Waals surface area contributed by atoms with Crippen molar-refractivity contribution in [1.29, 1.82) is 0 Å². The van der Waals surface area contributed by atoms with E-state index in [1.807, 2.05) is 49.4 Å². The van der Waals surface area contributed by atoms with E-state index >= 15 is 0 Å². The lowest BCUT2D eigenvalue weighted by Gasteiger charge is -2.35. The topological polar surface area (TPSA) is 111 Å². The maximum Gasteiger partial charge on any atom is 0.293 e. The molecule has 2 aliphatic rings. The molecule has 0 aliphatic carbocycles. The predicted octanol–water partition coefficient (Wildman–Crippen LogP) is 4.72. The van der Waals surface area contributed by atoms with Crippen molar-refractivity contribution in [2.45, 2.75) is 24.4 Å². The number of anilines is 1. The molecule has 0 amide bonds. The molecule has 0 atom stereocenters. The molecule has 0 bridgehead atoms. The number of hydrogen-bond donors (Lipinski definition) is 0. The van der Waals surface area contributed by atoms with E-state index in [0.717, 1.165) is 42.4 Å². The smallest absolute Gasteiger partial charge is 0.293 e. The summed E-state index contributed by atoms with van der Waals surface area (Å²) in [5, 5.41) is 25.7. The van der Waals surface area contributed by atoms with Crippen LogP contribution < -0.4 is 14.4 Å². The normalized spacial score (nSPS) is 15.1. The quantitative estimate of drug-likeness (QED) is 0.122. The van der Waals surface area contributed by atoms with E-state index in [9.17, 15) is 10.1 Å². The highest BCUT2D eigenvalue weighted by Gasteiger charge is 2.24. The lowest BCUT2D eigenvalue weighted by Crippen LogP contribution is -2.46. The largest absolute Gasteiger partial charge is 0.454 e. The zero-order chi connectivity index (χ0) is 28.2. The van der Waals surface area contributed by atoms with Crippen LogP contribution in [0.4, 0.5) is 11.4 Å². The molecule has 41 heavy (non-hydrogen) atoms. The minimum Gasteiger partial charge on any atom is -0.454 e. The van der Waals surface area contributed by atoms with Crippen LogP contribution in [0.25, 0.3) is 0 Å². The van der Waals surface area contributed by atoms with E-state index in [0.29, 0.717) is 35.3 Å². The zero-order valence-corrected chi connectivity index (χ0v) is 23.4. The summed E-state index contributed by atoms with van der Waals surface area (Å²) in [5.41, 5.74) is 3.65. The van der Waals surface area contributed by atoms with Gasteiger partial charge in [-0.1, -0.05) is 54.2 Å². The summed E-state index contributed by atoms with van der Waals surface area (Å²) in [6, 6.07) is 21.4. The number of rotatable bonds is 9. The van der Waals surface area contributed by atoms with Gasteiger partial charge in [-0.2, -0.15) is 9.78 Å². The molecule has 3 aromatic carbocycles. The number of piperazine rings is 1. The number of ether oxygens (including phenoxy) is 2. The van der Waals surface area contributed by atoms with E-state index in [2.05, 4.69) is 43.3 Å². The minimum atomic E-state index is -0.323. The van der Waals surface area contributed by atoms with Crippen molar-refractivity contribution in [3.05, 3.63) is 99.4 Å². The lowest BCUT2D eigenvalue weighted by molar-refractivity contribution is -0.384. The summed E-state index contributed by atoms with van der Waals surface area (Å²) in [7, 11) is 0. The van der Waals surface area contributed by atoms with Gasteiger partial charge >= 0.3 is 0 Å². The standard InChI is InChI=1S/C29H29N7O4S/c1-21-31-32-29(41-19-22-5-3-2-4-6-22)35(21)30-17-23-7-9-25(26(15-23)36(37)38)34-13-11-33(12-14-34)18-24-8-10-27-28(16-24)40-20-39-27/h2-10,15-17H,11-14,18-20H2,1H3. The molecule has 0 spiro atoms. The fourth-order valence-electron chi connectivity index (χ4n) is 4.89. The number of aromatic nitrogens is 3. The summed E-state index contributed by atoms with van der Waals surface area (Å²) in [6.45, 7) is 5.86. The van der Waals surface area contributed by atoms with Crippen LogP contribution in [-0.2, 0) is 12.3 Å². The third-order valence-corrected chi connectivity index (χ3v) is 8.04. The molecule has 1 saturated heterocycles. The summed E-state index contributed by atoms with van der Waals surface area (Å²) in [5.74, 6) is 2.93. The Kier molecular flexibility index (Phi) is 7.83. The van der Waals surface area contributed by atoms with Crippen LogP contribution in [0.2, 0.25) is 0 Å². The van der Waals surface area contributed by atoms with Crippen molar-refractivity contribution in [2.24, 2.45) is 5.10 Å². The van der Waals surface area contributed by atoms with E-state index in [-0.39, 0.29) is 17.4 Å². The Morgan fingerprint density at radius 2 is 1.78 bits per heavy atom. The van der Waals surface area contributed by atoms with Gasteiger partial charge < -0.3 is 14.4 Å². The molecular weight excluding hydrogens is 542 g/mol. The number of aryl methyl sites for hydroxylation is 1. The molecule has 0 radical (unpaired) electrons. The molecular formula is C29H29N7O4S. The highest BCUT2D eigenvalue weighted by molar-refractivity contribution is 7.98. The van der Waals surface area contributed by atoms with Crippen LogP contribution >= 0.6 is 11.8 Å². The van der Waals surface area contributed by atoms with E-state index in [4.69, 9.17) is 9.47 Å². The maximum atomic E-state index is 12.0. The molecule has 0 saturated carbocycles. The van der Waals surface area contributed by atoms with Crippen molar-refractivity contribution in [1.82, 2.24) is 19.8 Å². The van der Waals surface area contributed by atoms with E-state index < -0.39 is 0 Å². The summed E-state index contributed by atoms with van der Waals surface area (Å²) < 4.78 is 12.6. The van der Waals surface area contributed by atoms with E-state index in [1.54, 1.807) is 17.0 Å². The number of nitro groups is 1. The average Bonchev–Trinajstić information content (AvgIpc) is 3.61. The van der Waals surface area contributed by atoms with Gasteiger partial charge in [0.25, 0.3) is 5.69 Å². The number of thioether (sulfide) groups is 1. The molecule has 11 nitrogen and oxygen atoms in total. The summed E-state index contributed by atoms with van der Waals surface area (Å²) in [4.78, 5) is 16.2. The second-order valence-corrected chi connectivity index (χ2v) is 10.8. The Bertz CT molecular complexity index is 1570. The number of nitrogens with zero attached hydrogens (tertiary/aromatic N) is 7. The first kappa shape index (κ1) is 26.8. The Morgan fingerprint density at radius 3 is 2.59 bits per heavy atom. The molecule has 12 heteroatoms. The fraction of sp³-hybridized carbons (Fsp3) is 0.276. The highest BCUT2D eigenvalue weighted by atomic mass is 32.2. The van der Waals surface area contributed by atoms with Gasteiger partial charge in [0, 0.05) is 50.1 Å². The number of nitro benzene ring substituents is 1. The highest BCUT2D eigenvalue weighted by Crippen LogP contribution is 2.33. The number of benzene rings is 3. The molecule has 2 aliphatic heterocycles. The van der Waals surface area contributed by atoms with Crippen molar-refractivity contribution in [3.63, 3.8) is 0 Å². The molecule has 1 aromatic heterocycles. The van der Waals surface area contributed by atoms with Gasteiger partial charge in [-0.05, 0) is 36.2 Å². The molecule has 4 aromatic rings. The molecule has 210 valence electrons. The van der Waals surface area contributed by atoms with Crippen molar-refractivity contribution >= 4 is 29.4 Å². The van der Waals surface area contributed by atoms with E-state index in [1.165, 1.54) is 17.3 Å². The van der Waals surface area contributed by atoms with Crippen molar-refractivity contribution in [3.8, 4) is 11.5 Å². The molecule has 6 rings (SSSR count). The lowest BCUT2D eigenvalue weighted by atomic mass is 10.1. The van der Waals surface area contributed by atoms with Crippen molar-refractivity contribution < 1.29 is 14.4 Å². The fourth-order valence-corrected chi connectivity index (χ4v) is 5.77. The van der Waals surface area contributed by atoms with Gasteiger partial charge in [-0.3, -0.25) is 15.0 Å². The molecule has 0 unspecified atom stereocenters. The third-order valence-electron chi connectivity index (χ3n) is 7.05. The van der Waals surface area contributed by atoms with Crippen LogP contribution in [0, 0.1) is 17.0 Å². The maximum absolute atomic E-state index is 12.0. The molecule has 3 heterocycles. The second kappa shape index (κ2) is 12.0. The van der Waals surface area contributed by atoms with Crippen LogP contribution in [0.1, 0.15) is 22.5 Å². The Balaban J connectivity index is 1.11. The van der Waals surface area contributed by atoms with Gasteiger partial charge in [0.2, 0.25) is 11.9 Å². The van der Waals surface area contributed by atoms with Gasteiger partial charge in [0.1, 0.15) is 5.69 Å². The summed E-state index contributed by atoms with van der Waals surface area (Å²) >= 11 is 1.54. The molecule has 1 fully saturated rings. The van der Waals surface area contributed by atoms with Gasteiger partial charge in [-0.25, -0.2) is 0 Å². The average molecular weight is 572 g/mol. The first-order chi connectivity index (χ1) is 20.0. The first-order valence-corrected chi connectivity index (χ1v) is 14.3. The van der Waals surface area contributed by atoms with Gasteiger partial charge in [0.05, 0.1) is 11.1 Å². The molecule has 0 N–H and O–H groups in total. The van der Waals surface area contributed by atoms with Gasteiger partial charge in [-0.15, -0.1) is 10.2 Å². The second-order valence-electron chi connectivity index (χ2n) is 9.82. The van der Waals surface area contributed by atoms with Gasteiger partial charge in [0.15, 0.2) is 17.3 Å². The van der Waals surface area contributed by atoms with Crippen LogP contribution in [0.3, 0.4) is 0 Å². The number of fused-ring (bicyclic) bond motifs is 1. The van der Waals surface area contributed by atoms with Crippen LogP contribution in [0.15, 0.2) is 77.0 Å². The third kappa shape index (κ3) is 6.18. The number of hydrogen-bond acceptors (Lipinski definition) is 10. The first-order valence-electron chi connectivity index (χ1n) is 13.3. The van der Waals surface area contributed by atoms with Crippen LogP contribution in [0.5, 0.6) is 11.5 Å². The Labute approximate surface area is 241 Å². The SMILES string of the molecule is Cc1nnc(SCc2ccccc2)n1N=Cc1ccc(N2CCN(Cc3ccc4c(c3)OCO4)CC2)c([N+](=O)[O-])c1. The zero-order valence-electron chi connectivity index (χ0n) is 22.5. The van der Waals surface area contributed by atoms with Crippen LogP contribution in [-0.4, -0.2) is 63.9 Å². The predicted molar refractivity (Wildman–Crippen MR) is 157 cm³/mol. The minimum absolute atomic E-state index is 0.0670. The Morgan fingerprint density at radius 1 is 0.976 bits per heavy atom. The monoisotopic (exact) mass is 571 g/mol.